The Kier molecular flexibility index (Phi) is 4.76. The number of benzene rings is 1. The van der Waals surface area contributed by atoms with E-state index in [2.05, 4.69) is 0 Å². The number of halogens is 1. The number of carbonyl (C=O) groups is 1. The van der Waals surface area contributed by atoms with Crippen LogP contribution in [0.25, 0.3) is 0 Å². The molecule has 1 N–H and O–H groups in total. The Morgan fingerprint density at radius 3 is 2.81 bits per heavy atom. The Bertz CT molecular complexity index is 536. The first kappa shape index (κ1) is 16.1. The molecule has 6 heteroatoms. The van der Waals surface area contributed by atoms with Crippen LogP contribution in [0.4, 0.5) is 0 Å². The minimum Gasteiger partial charge on any atom is -0.497 e. The molecule has 0 bridgehead atoms. The molecule has 1 heterocycles. The van der Waals surface area contributed by atoms with Gasteiger partial charge in [-0.3, -0.25) is 4.79 Å². The van der Waals surface area contributed by atoms with Crippen LogP contribution in [0.2, 0.25) is 5.02 Å². The SMILES string of the molecule is COc1cc(Cl)cc(C(=O)N2CC[C@@](O)(CN(C)C)C2)c1. The Hall–Kier alpha value is -1.30. The first-order valence-corrected chi connectivity index (χ1v) is 7.22. The standard InChI is InChI=1S/C15H21ClN2O3/c1-17(2)9-15(20)4-5-18(10-15)14(19)11-6-12(16)8-13(7-11)21-3/h6-8,20H,4-5,9-10H2,1-3H3/t15-/m1/s1. The third kappa shape index (κ3) is 3.87. The van der Waals surface area contributed by atoms with Gasteiger partial charge in [0.2, 0.25) is 0 Å². The lowest BCUT2D eigenvalue weighted by Gasteiger charge is -2.26. The molecule has 1 fully saturated rings. The normalized spacial score (nSPS) is 21.9. The second-order valence-electron chi connectivity index (χ2n) is 5.82. The number of likely N-dealkylation sites (N-methyl/N-ethyl adjacent to an activating group) is 1. The smallest absolute Gasteiger partial charge is 0.254 e. The van der Waals surface area contributed by atoms with Crippen molar-refractivity contribution in [1.82, 2.24) is 9.80 Å². The number of methoxy groups -OCH3 is 1. The van der Waals surface area contributed by atoms with E-state index in [9.17, 15) is 9.90 Å². The van der Waals surface area contributed by atoms with Crippen LogP contribution < -0.4 is 4.74 Å². The fourth-order valence-corrected chi connectivity index (χ4v) is 2.96. The Balaban J connectivity index is 2.13. The monoisotopic (exact) mass is 312 g/mol. The maximum absolute atomic E-state index is 12.5. The van der Waals surface area contributed by atoms with Gasteiger partial charge in [-0.2, -0.15) is 0 Å². The first-order chi connectivity index (χ1) is 9.83. The van der Waals surface area contributed by atoms with Crippen LogP contribution >= 0.6 is 11.6 Å². The van der Waals surface area contributed by atoms with Crippen molar-refractivity contribution in [2.75, 3.05) is 40.8 Å². The number of β-amino-alcohol motifs (C(OH)–C–C–N with tert-alkyl or cyclic N) is 1. The average molecular weight is 313 g/mol. The Labute approximate surface area is 130 Å². The second-order valence-corrected chi connectivity index (χ2v) is 6.26. The largest absolute Gasteiger partial charge is 0.497 e. The van der Waals surface area contributed by atoms with Gasteiger partial charge >= 0.3 is 0 Å². The minimum absolute atomic E-state index is 0.134. The Morgan fingerprint density at radius 2 is 2.19 bits per heavy atom. The zero-order chi connectivity index (χ0) is 15.6. The maximum Gasteiger partial charge on any atom is 0.254 e. The fraction of sp³-hybridized carbons (Fsp3) is 0.533. The molecule has 0 unspecified atom stereocenters. The molecule has 2 rings (SSSR count). The summed E-state index contributed by atoms with van der Waals surface area (Å²) >= 11 is 6.00. The maximum atomic E-state index is 12.5. The lowest BCUT2D eigenvalue weighted by atomic mass is 10.0. The predicted molar refractivity (Wildman–Crippen MR) is 82.0 cm³/mol. The third-order valence-electron chi connectivity index (χ3n) is 3.58. The lowest BCUT2D eigenvalue weighted by Crippen LogP contribution is -2.43. The summed E-state index contributed by atoms with van der Waals surface area (Å²) in [7, 11) is 5.35. The lowest BCUT2D eigenvalue weighted by molar-refractivity contribution is 0.0236. The zero-order valence-electron chi connectivity index (χ0n) is 12.6. The zero-order valence-corrected chi connectivity index (χ0v) is 13.4. The van der Waals surface area contributed by atoms with E-state index in [-0.39, 0.29) is 5.91 Å². The van der Waals surface area contributed by atoms with Crippen molar-refractivity contribution in [1.29, 1.82) is 0 Å². The molecular weight excluding hydrogens is 292 g/mol. The quantitative estimate of drug-likeness (QED) is 0.915. The van der Waals surface area contributed by atoms with E-state index in [4.69, 9.17) is 16.3 Å². The highest BCUT2D eigenvalue weighted by Crippen LogP contribution is 2.26. The minimum atomic E-state index is -0.845. The summed E-state index contributed by atoms with van der Waals surface area (Å²) in [5.74, 6) is 0.416. The molecule has 1 saturated heterocycles. The van der Waals surface area contributed by atoms with Crippen molar-refractivity contribution in [3.05, 3.63) is 28.8 Å². The highest BCUT2D eigenvalue weighted by Gasteiger charge is 2.38. The van der Waals surface area contributed by atoms with E-state index < -0.39 is 5.60 Å². The molecule has 0 saturated carbocycles. The molecule has 1 atom stereocenters. The fourth-order valence-electron chi connectivity index (χ4n) is 2.73. The first-order valence-electron chi connectivity index (χ1n) is 6.84. The summed E-state index contributed by atoms with van der Waals surface area (Å²) in [4.78, 5) is 16.1. The highest BCUT2D eigenvalue weighted by atomic mass is 35.5. The van der Waals surface area contributed by atoms with Crippen molar-refractivity contribution in [2.24, 2.45) is 0 Å². The number of aliphatic hydroxyl groups is 1. The topological polar surface area (TPSA) is 53.0 Å². The average Bonchev–Trinajstić information content (AvgIpc) is 2.78. The van der Waals surface area contributed by atoms with E-state index in [1.807, 2.05) is 19.0 Å². The molecule has 0 spiro atoms. The van der Waals surface area contributed by atoms with Gasteiger partial charge in [0.05, 0.1) is 19.3 Å². The molecule has 1 aromatic rings. The van der Waals surface area contributed by atoms with Gasteiger partial charge in [-0.25, -0.2) is 0 Å². The van der Waals surface area contributed by atoms with E-state index in [0.717, 1.165) is 0 Å². The van der Waals surface area contributed by atoms with Crippen molar-refractivity contribution < 1.29 is 14.6 Å². The number of amides is 1. The van der Waals surface area contributed by atoms with E-state index in [0.29, 0.717) is 42.4 Å². The number of ether oxygens (including phenoxy) is 1. The molecule has 1 amide bonds. The summed E-state index contributed by atoms with van der Waals surface area (Å²) in [5, 5.41) is 11.0. The molecule has 0 radical (unpaired) electrons. The van der Waals surface area contributed by atoms with Crippen molar-refractivity contribution in [3.63, 3.8) is 0 Å². The van der Waals surface area contributed by atoms with Crippen LogP contribution in [0.5, 0.6) is 5.75 Å². The molecule has 1 aliphatic rings. The summed E-state index contributed by atoms with van der Waals surface area (Å²) in [6, 6.07) is 4.94. The second kappa shape index (κ2) is 6.22. The van der Waals surface area contributed by atoms with Gasteiger partial charge in [0.15, 0.2) is 0 Å². The number of carbonyl (C=O) groups excluding carboxylic acids is 1. The van der Waals surface area contributed by atoms with Crippen molar-refractivity contribution in [2.45, 2.75) is 12.0 Å². The summed E-state index contributed by atoms with van der Waals surface area (Å²) in [6.45, 7) is 1.41. The number of hydrogen-bond acceptors (Lipinski definition) is 4. The van der Waals surface area contributed by atoms with Crippen LogP contribution in [0, 0.1) is 0 Å². The van der Waals surface area contributed by atoms with Gasteiger partial charge in [-0.15, -0.1) is 0 Å². The van der Waals surface area contributed by atoms with Gasteiger partial charge < -0.3 is 19.6 Å². The van der Waals surface area contributed by atoms with E-state index in [1.54, 1.807) is 23.1 Å². The van der Waals surface area contributed by atoms with Crippen LogP contribution in [-0.2, 0) is 0 Å². The number of hydrogen-bond donors (Lipinski definition) is 1. The number of likely N-dealkylation sites (tertiary alicyclic amines) is 1. The van der Waals surface area contributed by atoms with Crippen LogP contribution in [0.3, 0.4) is 0 Å². The van der Waals surface area contributed by atoms with Crippen LogP contribution in [-0.4, -0.2) is 67.3 Å². The van der Waals surface area contributed by atoms with E-state index >= 15 is 0 Å². The van der Waals surface area contributed by atoms with Crippen LogP contribution in [0.1, 0.15) is 16.8 Å². The van der Waals surface area contributed by atoms with Gasteiger partial charge in [0.25, 0.3) is 5.91 Å². The van der Waals surface area contributed by atoms with Gasteiger partial charge in [-0.05, 0) is 38.7 Å². The molecule has 21 heavy (non-hydrogen) atoms. The number of rotatable bonds is 4. The molecule has 0 aliphatic carbocycles. The third-order valence-corrected chi connectivity index (χ3v) is 3.80. The van der Waals surface area contributed by atoms with Crippen molar-refractivity contribution >= 4 is 17.5 Å². The molecule has 1 aromatic carbocycles. The molecule has 0 aromatic heterocycles. The highest BCUT2D eigenvalue weighted by molar-refractivity contribution is 6.31. The van der Waals surface area contributed by atoms with Gasteiger partial charge in [-0.1, -0.05) is 11.6 Å². The van der Waals surface area contributed by atoms with Gasteiger partial charge in [0.1, 0.15) is 5.75 Å². The van der Waals surface area contributed by atoms with Crippen LogP contribution in [0.15, 0.2) is 18.2 Å². The number of nitrogens with zero attached hydrogens (tertiary/aromatic N) is 2. The Morgan fingerprint density at radius 1 is 1.48 bits per heavy atom. The molecule has 116 valence electrons. The molecule has 5 nitrogen and oxygen atoms in total. The summed E-state index contributed by atoms with van der Waals surface area (Å²) < 4.78 is 5.13. The molecule has 1 aliphatic heterocycles. The van der Waals surface area contributed by atoms with Gasteiger partial charge in [0, 0.05) is 23.7 Å². The molecular formula is C15H21ClN2O3. The summed E-state index contributed by atoms with van der Waals surface area (Å²) in [6.07, 6.45) is 0.578. The van der Waals surface area contributed by atoms with Crippen molar-refractivity contribution in [3.8, 4) is 5.75 Å². The predicted octanol–water partition coefficient (Wildman–Crippen LogP) is 1.49. The summed E-state index contributed by atoms with van der Waals surface area (Å²) in [5.41, 5.74) is -0.365. The van der Waals surface area contributed by atoms with E-state index in [1.165, 1.54) is 7.11 Å².